The van der Waals surface area contributed by atoms with Gasteiger partial charge in [-0.3, -0.25) is 0 Å². The number of allylic oxidation sites excluding steroid dienone is 2. The van der Waals surface area contributed by atoms with E-state index in [1.165, 1.54) is 18.9 Å². The molecule has 2 bridgehead atoms. The predicted octanol–water partition coefficient (Wildman–Crippen LogP) is 3.17. The Hall–Kier alpha value is -1.15. The average Bonchev–Trinajstić information content (AvgIpc) is 2.97. The molecule has 0 saturated heterocycles. The minimum Gasteiger partial charge on any atom is -0.316 e. The van der Waals surface area contributed by atoms with E-state index < -0.39 is 0 Å². The summed E-state index contributed by atoms with van der Waals surface area (Å²) in [5.74, 6) is 2.36. The van der Waals surface area contributed by atoms with Crippen molar-refractivity contribution in [1.82, 2.24) is 5.32 Å². The molecule has 2 heteroatoms. The van der Waals surface area contributed by atoms with Gasteiger partial charge < -0.3 is 5.32 Å². The van der Waals surface area contributed by atoms with Crippen molar-refractivity contribution in [3.8, 4) is 0 Å². The van der Waals surface area contributed by atoms with Crippen LogP contribution in [0.5, 0.6) is 0 Å². The normalized spacial score (nSPS) is 29.1. The van der Waals surface area contributed by atoms with Gasteiger partial charge in [-0.15, -0.1) is 0 Å². The third-order valence-electron chi connectivity index (χ3n) is 4.30. The van der Waals surface area contributed by atoms with Crippen LogP contribution < -0.4 is 5.32 Å². The first-order chi connectivity index (χ1) is 8.81. The molecule has 96 valence electrons. The van der Waals surface area contributed by atoms with E-state index in [0.717, 1.165) is 42.8 Å². The van der Waals surface area contributed by atoms with Crippen molar-refractivity contribution in [3.63, 3.8) is 0 Å². The average molecular weight is 245 g/mol. The summed E-state index contributed by atoms with van der Waals surface area (Å²) < 4.78 is 13.0. The van der Waals surface area contributed by atoms with Crippen molar-refractivity contribution in [3.05, 3.63) is 47.8 Å². The molecule has 18 heavy (non-hydrogen) atoms. The van der Waals surface area contributed by atoms with Gasteiger partial charge in [0.25, 0.3) is 0 Å². The zero-order valence-corrected chi connectivity index (χ0v) is 10.6. The topological polar surface area (TPSA) is 12.0 Å². The Morgan fingerprint density at radius 2 is 2.17 bits per heavy atom. The third kappa shape index (κ3) is 2.64. The molecule has 2 aliphatic carbocycles. The largest absolute Gasteiger partial charge is 0.316 e. The van der Waals surface area contributed by atoms with Crippen LogP contribution in [0.2, 0.25) is 0 Å². The molecule has 1 N–H and O–H groups in total. The van der Waals surface area contributed by atoms with Crippen LogP contribution in [0.1, 0.15) is 18.4 Å². The van der Waals surface area contributed by atoms with Gasteiger partial charge in [0.2, 0.25) is 0 Å². The van der Waals surface area contributed by atoms with Crippen molar-refractivity contribution in [2.45, 2.75) is 19.3 Å². The summed E-state index contributed by atoms with van der Waals surface area (Å²) in [4.78, 5) is 0. The van der Waals surface area contributed by atoms with E-state index in [9.17, 15) is 4.39 Å². The van der Waals surface area contributed by atoms with Gasteiger partial charge in [0, 0.05) is 0 Å². The fraction of sp³-hybridized carbons (Fsp3) is 0.500. The van der Waals surface area contributed by atoms with Crippen LogP contribution in [-0.2, 0) is 6.42 Å². The van der Waals surface area contributed by atoms with Crippen LogP contribution in [0.15, 0.2) is 36.4 Å². The maximum Gasteiger partial charge on any atom is 0.123 e. The van der Waals surface area contributed by atoms with E-state index in [4.69, 9.17) is 0 Å². The molecule has 0 aromatic heterocycles. The number of rotatable bonds is 5. The SMILES string of the molecule is Fc1cccc(CCNCC2CC3C=CC2C3)c1. The van der Waals surface area contributed by atoms with E-state index in [2.05, 4.69) is 17.5 Å². The molecule has 3 atom stereocenters. The maximum absolute atomic E-state index is 13.0. The van der Waals surface area contributed by atoms with Gasteiger partial charge in [-0.25, -0.2) is 4.39 Å². The molecule has 0 aliphatic heterocycles. The number of halogens is 1. The minimum absolute atomic E-state index is 0.134. The summed E-state index contributed by atoms with van der Waals surface area (Å²) in [6, 6.07) is 6.90. The highest BCUT2D eigenvalue weighted by atomic mass is 19.1. The first kappa shape index (κ1) is 11.9. The Labute approximate surface area is 108 Å². The molecule has 3 rings (SSSR count). The molecule has 3 unspecified atom stereocenters. The van der Waals surface area contributed by atoms with Gasteiger partial charge in [0.15, 0.2) is 0 Å². The van der Waals surface area contributed by atoms with Crippen molar-refractivity contribution >= 4 is 0 Å². The molecule has 2 aliphatic rings. The fourth-order valence-electron chi connectivity index (χ4n) is 3.34. The number of fused-ring (bicyclic) bond motifs is 2. The highest BCUT2D eigenvalue weighted by Crippen LogP contribution is 2.42. The van der Waals surface area contributed by atoms with E-state index in [-0.39, 0.29) is 5.82 Å². The number of hydrogen-bond acceptors (Lipinski definition) is 1. The van der Waals surface area contributed by atoms with Gasteiger partial charge in [-0.2, -0.15) is 0 Å². The van der Waals surface area contributed by atoms with Gasteiger partial charge in [0.1, 0.15) is 5.82 Å². The van der Waals surface area contributed by atoms with E-state index in [1.54, 1.807) is 12.1 Å². The molecule has 0 radical (unpaired) electrons. The quantitative estimate of drug-likeness (QED) is 0.620. The van der Waals surface area contributed by atoms with E-state index >= 15 is 0 Å². The second-order valence-corrected chi connectivity index (χ2v) is 5.62. The molecule has 1 aromatic carbocycles. The molecule has 1 nitrogen and oxygen atoms in total. The van der Waals surface area contributed by atoms with Crippen molar-refractivity contribution in [1.29, 1.82) is 0 Å². The Bertz CT molecular complexity index is 440. The van der Waals surface area contributed by atoms with Gasteiger partial charge in [-0.05, 0) is 67.8 Å². The first-order valence-electron chi connectivity index (χ1n) is 6.95. The molecule has 0 spiro atoms. The smallest absolute Gasteiger partial charge is 0.123 e. The summed E-state index contributed by atoms with van der Waals surface area (Å²) in [5.41, 5.74) is 1.08. The molecular formula is C16H20FN. The molecule has 0 heterocycles. The lowest BCUT2D eigenvalue weighted by molar-refractivity contribution is 0.416. The van der Waals surface area contributed by atoms with Crippen molar-refractivity contribution in [2.75, 3.05) is 13.1 Å². The van der Waals surface area contributed by atoms with Gasteiger partial charge >= 0.3 is 0 Å². The predicted molar refractivity (Wildman–Crippen MR) is 71.8 cm³/mol. The zero-order chi connectivity index (χ0) is 12.4. The Morgan fingerprint density at radius 1 is 1.22 bits per heavy atom. The summed E-state index contributed by atoms with van der Waals surface area (Å²) in [7, 11) is 0. The number of benzene rings is 1. The molecule has 1 fully saturated rings. The Morgan fingerprint density at radius 3 is 2.89 bits per heavy atom. The summed E-state index contributed by atoms with van der Waals surface area (Å²) in [5, 5.41) is 3.52. The van der Waals surface area contributed by atoms with Gasteiger partial charge in [-0.1, -0.05) is 24.3 Å². The van der Waals surface area contributed by atoms with Crippen LogP contribution in [0, 0.1) is 23.6 Å². The molecular weight excluding hydrogens is 225 g/mol. The Balaban J connectivity index is 1.39. The second-order valence-electron chi connectivity index (χ2n) is 5.62. The lowest BCUT2D eigenvalue weighted by atomic mass is 9.93. The minimum atomic E-state index is -0.134. The highest BCUT2D eigenvalue weighted by Gasteiger charge is 2.34. The van der Waals surface area contributed by atoms with Gasteiger partial charge in [0.05, 0.1) is 0 Å². The van der Waals surface area contributed by atoms with Crippen LogP contribution >= 0.6 is 0 Å². The third-order valence-corrected chi connectivity index (χ3v) is 4.30. The highest BCUT2D eigenvalue weighted by molar-refractivity contribution is 5.16. The summed E-state index contributed by atoms with van der Waals surface area (Å²) >= 11 is 0. The van der Waals surface area contributed by atoms with Crippen molar-refractivity contribution < 1.29 is 4.39 Å². The fourth-order valence-corrected chi connectivity index (χ4v) is 3.34. The van der Waals surface area contributed by atoms with E-state index in [1.807, 2.05) is 6.07 Å². The number of hydrogen-bond donors (Lipinski definition) is 1. The van der Waals surface area contributed by atoms with Crippen molar-refractivity contribution in [2.24, 2.45) is 17.8 Å². The van der Waals surface area contributed by atoms with Crippen LogP contribution in [-0.4, -0.2) is 13.1 Å². The zero-order valence-electron chi connectivity index (χ0n) is 10.6. The Kier molecular flexibility index (Phi) is 3.46. The summed E-state index contributed by atoms with van der Waals surface area (Å²) in [6.07, 6.45) is 8.42. The standard InChI is InChI=1S/C16H20FN/c17-16-3-1-2-12(10-16)6-7-18-11-15-9-13-4-5-14(15)8-13/h1-5,10,13-15,18H,6-9,11H2. The monoisotopic (exact) mass is 245 g/mol. The van der Waals surface area contributed by atoms with Crippen LogP contribution in [0.3, 0.4) is 0 Å². The molecule has 0 amide bonds. The summed E-state index contributed by atoms with van der Waals surface area (Å²) in [6.45, 7) is 2.06. The number of nitrogens with one attached hydrogen (secondary N) is 1. The first-order valence-corrected chi connectivity index (χ1v) is 6.95. The lowest BCUT2D eigenvalue weighted by Crippen LogP contribution is -2.27. The lowest BCUT2D eigenvalue weighted by Gasteiger charge is -2.18. The molecule has 1 aromatic rings. The molecule has 1 saturated carbocycles. The van der Waals surface area contributed by atoms with Crippen LogP contribution in [0.25, 0.3) is 0 Å². The van der Waals surface area contributed by atoms with E-state index in [0.29, 0.717) is 0 Å². The maximum atomic E-state index is 13.0. The van der Waals surface area contributed by atoms with Crippen LogP contribution in [0.4, 0.5) is 4.39 Å². The second kappa shape index (κ2) is 5.23.